The van der Waals surface area contributed by atoms with Gasteiger partial charge in [-0.1, -0.05) is 23.7 Å². The van der Waals surface area contributed by atoms with Crippen LogP contribution in [0.15, 0.2) is 64.2 Å². The number of ether oxygens (including phenoxy) is 2. The first-order valence-corrected chi connectivity index (χ1v) is 10.8. The van der Waals surface area contributed by atoms with Crippen molar-refractivity contribution in [1.82, 2.24) is 5.43 Å². The van der Waals surface area contributed by atoms with Crippen molar-refractivity contribution < 1.29 is 27.8 Å². The molecule has 3 aromatic carbocycles. The Kier molecular flexibility index (Phi) is 8.55. The van der Waals surface area contributed by atoms with Gasteiger partial charge in [-0.25, -0.2) is 14.2 Å². The largest absolute Gasteiger partial charge is 0.493 e. The fourth-order valence-electron chi connectivity index (χ4n) is 2.67. The molecule has 34 heavy (non-hydrogen) atoms. The molecule has 0 unspecified atom stereocenters. The number of hydrogen-bond donors (Lipinski definition) is 2. The zero-order chi connectivity index (χ0) is 24.7. The van der Waals surface area contributed by atoms with Crippen LogP contribution in [0.1, 0.15) is 11.1 Å². The van der Waals surface area contributed by atoms with E-state index in [9.17, 15) is 18.4 Å². The zero-order valence-electron chi connectivity index (χ0n) is 17.6. The lowest BCUT2D eigenvalue weighted by molar-refractivity contribution is -0.136. The Hall–Kier alpha value is -3.50. The highest BCUT2D eigenvalue weighted by Crippen LogP contribution is 2.36. The number of carbonyl (C=O) groups excluding carboxylic acids is 2. The molecule has 0 bridgehead atoms. The fraction of sp³-hybridized carbons (Fsp3) is 0.0870. The monoisotopic (exact) mass is 551 g/mol. The van der Waals surface area contributed by atoms with Gasteiger partial charge in [0, 0.05) is 5.69 Å². The molecule has 0 heterocycles. The molecule has 3 aromatic rings. The highest BCUT2D eigenvalue weighted by Gasteiger charge is 2.15. The second kappa shape index (κ2) is 11.6. The molecule has 11 heteroatoms. The standard InChI is InChI=1S/C23H17BrClF2N3O4/c1-33-20-9-14(8-17(24)21(20)34-12-13-2-4-15(26)5-3-13)11-28-30-23(32)22(31)29-16-6-7-19(27)18(25)10-16/h2-11H,12H2,1H3,(H,29,31)(H,30,32)/b28-11+. The Labute approximate surface area is 206 Å². The minimum Gasteiger partial charge on any atom is -0.493 e. The molecule has 0 radical (unpaired) electrons. The third kappa shape index (κ3) is 6.75. The highest BCUT2D eigenvalue weighted by molar-refractivity contribution is 9.10. The summed E-state index contributed by atoms with van der Waals surface area (Å²) in [5.41, 5.74) is 3.55. The molecule has 0 aliphatic rings. The lowest BCUT2D eigenvalue weighted by Crippen LogP contribution is -2.32. The van der Waals surface area contributed by atoms with E-state index in [0.29, 0.717) is 21.5 Å². The van der Waals surface area contributed by atoms with Crippen molar-refractivity contribution in [2.75, 3.05) is 12.4 Å². The molecular formula is C23H17BrClF2N3O4. The second-order valence-corrected chi connectivity index (χ2v) is 7.99. The van der Waals surface area contributed by atoms with Crippen molar-refractivity contribution in [3.63, 3.8) is 0 Å². The van der Waals surface area contributed by atoms with Crippen molar-refractivity contribution in [2.24, 2.45) is 5.10 Å². The van der Waals surface area contributed by atoms with E-state index in [2.05, 4.69) is 31.8 Å². The van der Waals surface area contributed by atoms with E-state index >= 15 is 0 Å². The summed E-state index contributed by atoms with van der Waals surface area (Å²) >= 11 is 9.05. The number of halogens is 4. The van der Waals surface area contributed by atoms with E-state index in [4.69, 9.17) is 21.1 Å². The Morgan fingerprint density at radius 1 is 1.09 bits per heavy atom. The Balaban J connectivity index is 1.61. The Morgan fingerprint density at radius 2 is 1.82 bits per heavy atom. The number of hydrogen-bond acceptors (Lipinski definition) is 5. The summed E-state index contributed by atoms with van der Waals surface area (Å²) in [4.78, 5) is 23.9. The van der Waals surface area contributed by atoms with Gasteiger partial charge in [-0.3, -0.25) is 9.59 Å². The third-order valence-corrected chi connectivity index (χ3v) is 5.19. The number of benzene rings is 3. The lowest BCUT2D eigenvalue weighted by atomic mass is 10.2. The quantitative estimate of drug-likeness (QED) is 0.244. The van der Waals surface area contributed by atoms with Gasteiger partial charge in [0.05, 0.1) is 22.8 Å². The van der Waals surface area contributed by atoms with Crippen LogP contribution in [0.2, 0.25) is 5.02 Å². The molecule has 0 aromatic heterocycles. The summed E-state index contributed by atoms with van der Waals surface area (Å²) in [6.07, 6.45) is 1.30. The Bertz CT molecular complexity index is 1240. The number of rotatable bonds is 7. The molecule has 0 aliphatic carbocycles. The van der Waals surface area contributed by atoms with Crippen LogP contribution in [0.5, 0.6) is 11.5 Å². The molecule has 0 saturated carbocycles. The van der Waals surface area contributed by atoms with Crippen LogP contribution in [0.25, 0.3) is 0 Å². The zero-order valence-corrected chi connectivity index (χ0v) is 19.9. The van der Waals surface area contributed by atoms with Gasteiger partial charge in [0.1, 0.15) is 18.2 Å². The van der Waals surface area contributed by atoms with Crippen LogP contribution in [-0.2, 0) is 16.2 Å². The average Bonchev–Trinajstić information content (AvgIpc) is 2.81. The second-order valence-electron chi connectivity index (χ2n) is 6.73. The molecule has 7 nitrogen and oxygen atoms in total. The summed E-state index contributed by atoms with van der Waals surface area (Å²) < 4.78 is 37.9. The van der Waals surface area contributed by atoms with Gasteiger partial charge < -0.3 is 14.8 Å². The predicted octanol–water partition coefficient (Wildman–Crippen LogP) is 5.06. The minimum absolute atomic E-state index is 0.153. The maximum absolute atomic E-state index is 13.2. The van der Waals surface area contributed by atoms with Gasteiger partial charge in [0.25, 0.3) is 0 Å². The van der Waals surface area contributed by atoms with E-state index in [1.54, 1.807) is 24.3 Å². The number of hydrazone groups is 1. The van der Waals surface area contributed by atoms with Crippen LogP contribution in [-0.4, -0.2) is 25.1 Å². The molecule has 3 rings (SSSR count). The van der Waals surface area contributed by atoms with Crippen molar-refractivity contribution >= 4 is 51.2 Å². The smallest absolute Gasteiger partial charge is 0.329 e. The van der Waals surface area contributed by atoms with Gasteiger partial charge in [0.2, 0.25) is 0 Å². The molecular weight excluding hydrogens is 536 g/mol. The van der Waals surface area contributed by atoms with Gasteiger partial charge >= 0.3 is 11.8 Å². The van der Waals surface area contributed by atoms with E-state index in [1.165, 1.54) is 37.6 Å². The molecule has 0 aliphatic heterocycles. The maximum atomic E-state index is 13.2. The first-order chi connectivity index (χ1) is 16.3. The van der Waals surface area contributed by atoms with Gasteiger partial charge in [-0.15, -0.1) is 0 Å². The summed E-state index contributed by atoms with van der Waals surface area (Å²) in [7, 11) is 1.46. The summed E-state index contributed by atoms with van der Waals surface area (Å²) in [6.45, 7) is 0.188. The first kappa shape index (κ1) is 25.1. The van der Waals surface area contributed by atoms with Crippen LogP contribution >= 0.6 is 27.5 Å². The predicted molar refractivity (Wildman–Crippen MR) is 127 cm³/mol. The number of carbonyl (C=O) groups is 2. The van der Waals surface area contributed by atoms with Crippen molar-refractivity contribution in [3.05, 3.63) is 86.9 Å². The van der Waals surface area contributed by atoms with Crippen molar-refractivity contribution in [3.8, 4) is 11.5 Å². The summed E-state index contributed by atoms with van der Waals surface area (Å²) in [5.74, 6) is -2.23. The van der Waals surface area contributed by atoms with E-state index in [-0.39, 0.29) is 23.1 Å². The molecule has 0 fully saturated rings. The maximum Gasteiger partial charge on any atom is 0.329 e. The number of nitrogens with zero attached hydrogens (tertiary/aromatic N) is 1. The number of nitrogens with one attached hydrogen (secondary N) is 2. The van der Waals surface area contributed by atoms with E-state index in [0.717, 1.165) is 11.6 Å². The molecule has 176 valence electrons. The van der Waals surface area contributed by atoms with Gasteiger partial charge in [-0.05, 0) is 69.5 Å². The van der Waals surface area contributed by atoms with Gasteiger partial charge in [-0.2, -0.15) is 5.10 Å². The van der Waals surface area contributed by atoms with Gasteiger partial charge in [0.15, 0.2) is 11.5 Å². The lowest BCUT2D eigenvalue weighted by Gasteiger charge is -2.13. The Morgan fingerprint density at radius 3 is 2.50 bits per heavy atom. The summed E-state index contributed by atoms with van der Waals surface area (Å²) in [5, 5.41) is 5.85. The minimum atomic E-state index is -1.04. The molecule has 2 N–H and O–H groups in total. The normalized spacial score (nSPS) is 10.7. The van der Waals surface area contributed by atoms with Crippen molar-refractivity contribution in [2.45, 2.75) is 6.61 Å². The molecule has 0 saturated heterocycles. The number of amides is 2. The number of anilines is 1. The number of methoxy groups -OCH3 is 1. The van der Waals surface area contributed by atoms with Crippen molar-refractivity contribution in [1.29, 1.82) is 0 Å². The molecule has 0 spiro atoms. The highest BCUT2D eigenvalue weighted by atomic mass is 79.9. The van der Waals surface area contributed by atoms with Crippen LogP contribution in [0, 0.1) is 11.6 Å². The third-order valence-electron chi connectivity index (χ3n) is 4.31. The molecule has 2 amide bonds. The van der Waals surface area contributed by atoms with Crippen LogP contribution in [0.3, 0.4) is 0 Å². The average molecular weight is 553 g/mol. The van der Waals surface area contributed by atoms with Crippen LogP contribution < -0.4 is 20.2 Å². The van der Waals surface area contributed by atoms with Crippen LogP contribution in [0.4, 0.5) is 14.5 Å². The van der Waals surface area contributed by atoms with E-state index < -0.39 is 17.6 Å². The molecule has 0 atom stereocenters. The SMILES string of the molecule is COc1cc(/C=N/NC(=O)C(=O)Nc2ccc(F)c(Cl)c2)cc(Br)c1OCc1ccc(F)cc1. The topological polar surface area (TPSA) is 89.0 Å². The van der Waals surface area contributed by atoms with E-state index in [1.807, 2.05) is 0 Å². The fourth-order valence-corrected chi connectivity index (χ4v) is 3.42. The first-order valence-electron chi connectivity index (χ1n) is 9.61. The summed E-state index contributed by atoms with van der Waals surface area (Å²) in [6, 6.07) is 12.7.